The van der Waals surface area contributed by atoms with Crippen LogP contribution in [-0.2, 0) is 42.9 Å². The van der Waals surface area contributed by atoms with Gasteiger partial charge in [0.2, 0.25) is 5.60 Å². The summed E-state index contributed by atoms with van der Waals surface area (Å²) in [5.41, 5.74) is -7.05. The normalized spacial score (nSPS) is 26.4. The standard InChI is InChI=1S/C108H196O9S/c1-5-9-13-17-21-25-29-57-73-89-99(109)113-103(93-77-61-45-33-34-46-62-78-93)104(94-79-63-47-35-36-48-64-80-94)105(95-81-65-49-37-38-50-66-82-95,114-100(110)90-74-58-30-26-22-18-14-10-6-2)106(96-83-67-51-39-40-52-68-84-96,115-101(111)91-75-59-31-27-23-19-15-11-7-3)107(97-85-69-53-41-42-54-70-86-97,108(118,117-104)98-87-71-55-43-44-56-72-88-98)116-102(112)92-76-60-32-28-24-20-16-12-8-4/h93-98,103,118H,5-92H2,1-4H3/t103?,104-,105+,106+,107-,108+/m1/s1. The van der Waals surface area contributed by atoms with E-state index in [1.807, 2.05) is 0 Å². The number of hydrogen-bond acceptors (Lipinski definition) is 10. The molecule has 0 spiro atoms. The van der Waals surface area contributed by atoms with Crippen LogP contribution in [0, 0.1) is 35.5 Å². The predicted molar refractivity (Wildman–Crippen MR) is 502 cm³/mol. The number of unbranched alkanes of at least 4 members (excludes halogenated alkanes) is 32. The summed E-state index contributed by atoms with van der Waals surface area (Å²) in [7, 11) is 0. The van der Waals surface area contributed by atoms with Crippen molar-refractivity contribution in [3.8, 4) is 0 Å². The van der Waals surface area contributed by atoms with Gasteiger partial charge in [0.15, 0.2) is 21.7 Å². The van der Waals surface area contributed by atoms with Gasteiger partial charge >= 0.3 is 23.9 Å². The minimum atomic E-state index is -1.85. The molecule has 7 rings (SSSR count). The fraction of sp³-hybridized carbons (Fsp3) is 0.963. The largest absolute Gasteiger partial charge is 0.459 e. The van der Waals surface area contributed by atoms with Crippen molar-refractivity contribution in [3.63, 3.8) is 0 Å². The molecule has 118 heavy (non-hydrogen) atoms. The van der Waals surface area contributed by atoms with Crippen LogP contribution in [0.4, 0.5) is 0 Å². The zero-order valence-electron chi connectivity index (χ0n) is 78.9. The Balaban J connectivity index is 1.75. The molecule has 0 amide bonds. The van der Waals surface area contributed by atoms with E-state index in [4.69, 9.17) is 22.1 Å². The van der Waals surface area contributed by atoms with Crippen LogP contribution in [0.25, 0.3) is 0 Å². The van der Waals surface area contributed by atoms with Crippen molar-refractivity contribution in [2.45, 2.75) is 626 Å². The molecule has 0 radical (unpaired) electrons. The Hall–Kier alpha value is -1.81. The van der Waals surface area contributed by atoms with Gasteiger partial charge in [-0.15, -0.1) is 12.6 Å². The molecule has 6 aliphatic carbocycles. The van der Waals surface area contributed by atoms with E-state index < -0.39 is 45.3 Å². The average molecular weight is 1670 g/mol. The first kappa shape index (κ1) is 103. The first-order valence-electron chi connectivity index (χ1n) is 54.3. The van der Waals surface area contributed by atoms with Crippen molar-refractivity contribution >= 4 is 36.5 Å². The lowest BCUT2D eigenvalue weighted by Crippen LogP contribution is -2.96. The second kappa shape index (κ2) is 63.2. The molecule has 1 saturated heterocycles. The minimum Gasteiger partial charge on any atom is -0.459 e. The van der Waals surface area contributed by atoms with Crippen LogP contribution in [0.3, 0.4) is 0 Å². The van der Waals surface area contributed by atoms with Crippen molar-refractivity contribution in [1.82, 2.24) is 0 Å². The van der Waals surface area contributed by atoms with E-state index in [1.54, 1.807) is 0 Å². The first-order valence-corrected chi connectivity index (χ1v) is 54.8. The van der Waals surface area contributed by atoms with Crippen molar-refractivity contribution in [1.29, 1.82) is 0 Å². The summed E-state index contributed by atoms with van der Waals surface area (Å²) in [5.74, 6) is -2.61. The number of carbonyl (C=O) groups excluding carboxylic acids is 4. The highest BCUT2D eigenvalue weighted by molar-refractivity contribution is 7.81. The summed E-state index contributed by atoms with van der Waals surface area (Å²) in [6.07, 6.45) is 89.5. The quantitative estimate of drug-likeness (QED) is 0.0275. The topological polar surface area (TPSA) is 114 Å². The molecular weight excluding hydrogens is 1470 g/mol. The Bertz CT molecular complexity index is 2460. The van der Waals surface area contributed by atoms with Crippen LogP contribution >= 0.6 is 12.6 Å². The van der Waals surface area contributed by atoms with Crippen molar-refractivity contribution < 1.29 is 42.9 Å². The third kappa shape index (κ3) is 33.4. The summed E-state index contributed by atoms with van der Waals surface area (Å²) in [6, 6.07) is 0. The fourth-order valence-electron chi connectivity index (χ4n) is 25.0. The van der Waals surface area contributed by atoms with Crippen molar-refractivity contribution in [2.75, 3.05) is 0 Å². The lowest BCUT2D eigenvalue weighted by atomic mass is 9.41. The van der Waals surface area contributed by atoms with Gasteiger partial charge in [-0.2, -0.15) is 0 Å². The molecule has 7 fully saturated rings. The maximum absolute atomic E-state index is 18.0. The molecule has 7 aliphatic rings. The summed E-state index contributed by atoms with van der Waals surface area (Å²) >= 11 is 7.16. The third-order valence-corrected chi connectivity index (χ3v) is 32.3. The zero-order chi connectivity index (χ0) is 83.6. The highest BCUT2D eigenvalue weighted by atomic mass is 32.1. The Morgan fingerprint density at radius 1 is 0.246 bits per heavy atom. The number of ether oxygens (including phenoxy) is 5. The van der Waals surface area contributed by atoms with E-state index in [1.165, 1.54) is 180 Å². The Kier molecular flexibility index (Phi) is 55.3. The highest BCUT2D eigenvalue weighted by Gasteiger charge is 2.93. The molecule has 0 aromatic rings. The monoisotopic (exact) mass is 1670 g/mol. The maximum Gasteiger partial charge on any atom is 0.306 e. The van der Waals surface area contributed by atoms with E-state index in [0.29, 0.717) is 19.3 Å². The zero-order valence-corrected chi connectivity index (χ0v) is 79.8. The second-order valence-electron chi connectivity index (χ2n) is 40.9. The van der Waals surface area contributed by atoms with E-state index in [9.17, 15) is 14.2 Å². The molecule has 0 aromatic heterocycles. The number of carbonyl (C=O) groups is 4. The van der Waals surface area contributed by atoms with Gasteiger partial charge in [0.1, 0.15) is 6.10 Å². The second-order valence-corrected chi connectivity index (χ2v) is 41.5. The van der Waals surface area contributed by atoms with Gasteiger partial charge in [0.25, 0.3) is 0 Å². The molecule has 1 heterocycles. The molecule has 688 valence electrons. The lowest BCUT2D eigenvalue weighted by Gasteiger charge is -2.77. The number of hydrogen-bond donors (Lipinski definition) is 1. The summed E-state index contributed by atoms with van der Waals surface area (Å²) in [6.45, 7) is 9.23. The van der Waals surface area contributed by atoms with Gasteiger partial charge in [-0.1, -0.05) is 464 Å². The van der Waals surface area contributed by atoms with Gasteiger partial charge in [-0.25, -0.2) is 0 Å². The lowest BCUT2D eigenvalue weighted by molar-refractivity contribution is -0.459. The van der Waals surface area contributed by atoms with E-state index in [2.05, 4.69) is 27.7 Å². The van der Waals surface area contributed by atoms with Crippen molar-refractivity contribution in [2.24, 2.45) is 35.5 Å². The van der Waals surface area contributed by atoms with Gasteiger partial charge in [-0.05, 0) is 115 Å². The minimum absolute atomic E-state index is 0.133. The van der Waals surface area contributed by atoms with Crippen LogP contribution in [0.5, 0.6) is 0 Å². The third-order valence-electron chi connectivity index (χ3n) is 31.5. The molecule has 6 atom stereocenters. The van der Waals surface area contributed by atoms with E-state index in [-0.39, 0.29) is 66.8 Å². The first-order chi connectivity index (χ1) is 58.0. The summed E-state index contributed by atoms with van der Waals surface area (Å²) in [5, 5.41) is 0. The summed E-state index contributed by atoms with van der Waals surface area (Å²) < 4.78 is 45.9. The smallest absolute Gasteiger partial charge is 0.306 e. The highest BCUT2D eigenvalue weighted by Crippen LogP contribution is 2.75. The molecule has 10 heteroatoms. The molecule has 0 aromatic carbocycles. The van der Waals surface area contributed by atoms with Gasteiger partial charge < -0.3 is 23.7 Å². The van der Waals surface area contributed by atoms with Gasteiger partial charge in [0.05, 0.1) is 0 Å². The molecule has 6 saturated carbocycles. The van der Waals surface area contributed by atoms with Crippen LogP contribution in [0.2, 0.25) is 0 Å². The Morgan fingerprint density at radius 2 is 0.449 bits per heavy atom. The van der Waals surface area contributed by atoms with Crippen LogP contribution < -0.4 is 0 Å². The van der Waals surface area contributed by atoms with E-state index >= 15 is 19.2 Å². The van der Waals surface area contributed by atoms with Gasteiger partial charge in [0, 0.05) is 49.4 Å². The van der Waals surface area contributed by atoms with Gasteiger partial charge in [-0.3, -0.25) is 19.2 Å². The maximum atomic E-state index is 18.0. The Morgan fingerprint density at radius 3 is 0.737 bits per heavy atom. The molecule has 1 aliphatic heterocycles. The molecule has 0 N–H and O–H groups in total. The molecule has 0 bridgehead atoms. The number of rotatable bonds is 51. The SMILES string of the molecule is CCCCCCCCCCCC(=O)OC(C1CCCCCCCC1)[C@@]1(C2CCCCCCCC2)O[C@](S)(C2CCCCCCCC2)[C@@](OC(=O)CCCCCCCCCCC)(C2CCCCCCCC2)[C@](OC(=O)CCCCCCCCCCC)(C2CCCCCCCC2)[C@]1(OC(=O)CCCCCCCCCCC)C1CCCCCCCC1. The fourth-order valence-corrected chi connectivity index (χ4v) is 25.8. The molecular formula is C108H196O9S. The average Bonchev–Trinajstić information content (AvgIpc) is 0.658. The van der Waals surface area contributed by atoms with Crippen LogP contribution in [-0.4, -0.2) is 57.3 Å². The van der Waals surface area contributed by atoms with E-state index in [0.717, 1.165) is 347 Å². The van der Waals surface area contributed by atoms with Crippen LogP contribution in [0.1, 0.15) is 593 Å². The molecule has 1 unspecified atom stereocenters. The predicted octanol–water partition coefficient (Wildman–Crippen LogP) is 34.3. The Labute approximate surface area is 736 Å². The van der Waals surface area contributed by atoms with Crippen molar-refractivity contribution in [3.05, 3.63) is 0 Å². The summed E-state index contributed by atoms with van der Waals surface area (Å²) in [4.78, 5) is 68.9. The molecule has 9 nitrogen and oxygen atoms in total. The number of thiol groups is 1. The number of esters is 4. The van der Waals surface area contributed by atoms with Crippen LogP contribution in [0.15, 0.2) is 0 Å².